The van der Waals surface area contributed by atoms with Gasteiger partial charge in [0.25, 0.3) is 0 Å². The fourth-order valence-electron chi connectivity index (χ4n) is 2.46. The van der Waals surface area contributed by atoms with E-state index in [0.29, 0.717) is 5.41 Å². The van der Waals surface area contributed by atoms with Crippen molar-refractivity contribution in [2.45, 2.75) is 32.6 Å². The standard InChI is InChI=1S/C12H22N4/c1-10-8-11(16(2)15-10)14-7-6-12(9-13)4-3-5-12/h8,14H,3-7,9,13H2,1-2H3. The predicted octanol–water partition coefficient (Wildman–Crippen LogP) is 1.66. The topological polar surface area (TPSA) is 55.9 Å². The number of nitrogens with two attached hydrogens (primary N) is 1. The molecule has 0 bridgehead atoms. The molecule has 4 nitrogen and oxygen atoms in total. The molecule has 0 unspecified atom stereocenters. The number of hydrogen-bond donors (Lipinski definition) is 2. The van der Waals surface area contributed by atoms with Crippen molar-refractivity contribution in [3.63, 3.8) is 0 Å². The second kappa shape index (κ2) is 4.45. The highest BCUT2D eigenvalue weighted by Gasteiger charge is 2.34. The van der Waals surface area contributed by atoms with E-state index >= 15 is 0 Å². The average molecular weight is 222 g/mol. The lowest BCUT2D eigenvalue weighted by Gasteiger charge is -2.41. The Labute approximate surface area is 97.2 Å². The van der Waals surface area contributed by atoms with Crippen molar-refractivity contribution in [1.82, 2.24) is 9.78 Å². The van der Waals surface area contributed by atoms with Gasteiger partial charge in [-0.3, -0.25) is 4.68 Å². The molecule has 1 aliphatic carbocycles. The second-order valence-corrected chi connectivity index (χ2v) is 5.03. The maximum absolute atomic E-state index is 5.84. The van der Waals surface area contributed by atoms with Crippen LogP contribution in [0.1, 0.15) is 31.4 Å². The van der Waals surface area contributed by atoms with Gasteiger partial charge >= 0.3 is 0 Å². The molecule has 1 aromatic heterocycles. The number of hydrogen-bond acceptors (Lipinski definition) is 3. The average Bonchev–Trinajstić information content (AvgIpc) is 2.50. The largest absolute Gasteiger partial charge is 0.370 e. The van der Waals surface area contributed by atoms with Crippen LogP contribution in [-0.2, 0) is 7.05 Å². The normalized spacial score (nSPS) is 18.2. The molecule has 1 saturated carbocycles. The molecule has 1 heterocycles. The minimum absolute atomic E-state index is 0.431. The Kier molecular flexibility index (Phi) is 3.19. The van der Waals surface area contributed by atoms with Gasteiger partial charge in [0.05, 0.1) is 5.69 Å². The van der Waals surface area contributed by atoms with E-state index in [0.717, 1.165) is 24.6 Å². The Hall–Kier alpha value is -1.03. The molecule has 0 aliphatic heterocycles. The minimum atomic E-state index is 0.431. The van der Waals surface area contributed by atoms with Gasteiger partial charge in [-0.2, -0.15) is 5.10 Å². The number of rotatable bonds is 5. The van der Waals surface area contributed by atoms with E-state index in [1.807, 2.05) is 18.7 Å². The van der Waals surface area contributed by atoms with Gasteiger partial charge in [-0.15, -0.1) is 0 Å². The number of aryl methyl sites for hydroxylation is 2. The zero-order chi connectivity index (χ0) is 11.6. The highest BCUT2D eigenvalue weighted by molar-refractivity contribution is 5.36. The van der Waals surface area contributed by atoms with Crippen LogP contribution in [-0.4, -0.2) is 22.9 Å². The molecule has 2 rings (SSSR count). The van der Waals surface area contributed by atoms with E-state index < -0.39 is 0 Å². The summed E-state index contributed by atoms with van der Waals surface area (Å²) in [5.74, 6) is 1.10. The molecule has 16 heavy (non-hydrogen) atoms. The fourth-order valence-corrected chi connectivity index (χ4v) is 2.46. The van der Waals surface area contributed by atoms with Gasteiger partial charge in [-0.1, -0.05) is 6.42 Å². The van der Waals surface area contributed by atoms with Gasteiger partial charge in [-0.05, 0) is 38.1 Å². The quantitative estimate of drug-likeness (QED) is 0.796. The smallest absolute Gasteiger partial charge is 0.124 e. The zero-order valence-electron chi connectivity index (χ0n) is 10.3. The fraction of sp³-hybridized carbons (Fsp3) is 0.750. The Balaban J connectivity index is 1.81. The summed E-state index contributed by atoms with van der Waals surface area (Å²) < 4.78 is 1.89. The lowest BCUT2D eigenvalue weighted by atomic mass is 9.67. The summed E-state index contributed by atoms with van der Waals surface area (Å²) in [6.07, 6.45) is 5.13. The number of anilines is 1. The lowest BCUT2D eigenvalue weighted by molar-refractivity contribution is 0.136. The van der Waals surface area contributed by atoms with Crippen LogP contribution in [0.2, 0.25) is 0 Å². The van der Waals surface area contributed by atoms with Crippen molar-refractivity contribution >= 4 is 5.82 Å². The van der Waals surface area contributed by atoms with Crippen molar-refractivity contribution in [3.05, 3.63) is 11.8 Å². The first-order valence-electron chi connectivity index (χ1n) is 6.10. The van der Waals surface area contributed by atoms with Gasteiger partial charge < -0.3 is 11.1 Å². The first kappa shape index (κ1) is 11.5. The molecule has 1 aliphatic rings. The van der Waals surface area contributed by atoms with Crippen LogP contribution in [0.4, 0.5) is 5.82 Å². The van der Waals surface area contributed by atoms with Gasteiger partial charge in [0.15, 0.2) is 0 Å². The van der Waals surface area contributed by atoms with E-state index in [4.69, 9.17) is 5.73 Å². The second-order valence-electron chi connectivity index (χ2n) is 5.03. The molecule has 4 heteroatoms. The molecule has 0 aromatic carbocycles. The van der Waals surface area contributed by atoms with Gasteiger partial charge in [-0.25, -0.2) is 0 Å². The van der Waals surface area contributed by atoms with E-state index in [1.165, 1.54) is 25.7 Å². The van der Waals surface area contributed by atoms with Crippen LogP contribution in [0.5, 0.6) is 0 Å². The van der Waals surface area contributed by atoms with E-state index in [1.54, 1.807) is 0 Å². The van der Waals surface area contributed by atoms with Crippen LogP contribution < -0.4 is 11.1 Å². The number of nitrogens with one attached hydrogen (secondary N) is 1. The summed E-state index contributed by atoms with van der Waals surface area (Å²) in [7, 11) is 1.97. The molecule has 0 radical (unpaired) electrons. The summed E-state index contributed by atoms with van der Waals surface area (Å²) in [6, 6.07) is 2.08. The van der Waals surface area contributed by atoms with Gasteiger partial charge in [0.1, 0.15) is 5.82 Å². The Morgan fingerprint density at radius 1 is 1.56 bits per heavy atom. The van der Waals surface area contributed by atoms with Crippen molar-refractivity contribution in [2.24, 2.45) is 18.2 Å². The molecular formula is C12H22N4. The van der Waals surface area contributed by atoms with E-state index in [-0.39, 0.29) is 0 Å². The highest BCUT2D eigenvalue weighted by atomic mass is 15.3. The molecule has 0 saturated heterocycles. The molecule has 1 fully saturated rings. The van der Waals surface area contributed by atoms with Crippen molar-refractivity contribution in [3.8, 4) is 0 Å². The van der Waals surface area contributed by atoms with E-state index in [2.05, 4.69) is 16.5 Å². The highest BCUT2D eigenvalue weighted by Crippen LogP contribution is 2.42. The first-order chi connectivity index (χ1) is 7.65. The SMILES string of the molecule is Cc1cc(NCCC2(CN)CCC2)n(C)n1. The third-order valence-electron chi connectivity index (χ3n) is 3.81. The molecule has 3 N–H and O–H groups in total. The molecular weight excluding hydrogens is 200 g/mol. The third-order valence-corrected chi connectivity index (χ3v) is 3.81. The van der Waals surface area contributed by atoms with E-state index in [9.17, 15) is 0 Å². The van der Waals surface area contributed by atoms with Crippen molar-refractivity contribution in [2.75, 3.05) is 18.4 Å². The predicted molar refractivity (Wildman–Crippen MR) is 66.4 cm³/mol. The first-order valence-corrected chi connectivity index (χ1v) is 6.10. The summed E-state index contributed by atoms with van der Waals surface area (Å²) in [4.78, 5) is 0. The molecule has 1 aromatic rings. The lowest BCUT2D eigenvalue weighted by Crippen LogP contribution is -2.38. The number of nitrogens with zero attached hydrogens (tertiary/aromatic N) is 2. The monoisotopic (exact) mass is 222 g/mol. The summed E-state index contributed by atoms with van der Waals surface area (Å²) in [5, 5.41) is 7.75. The number of aromatic nitrogens is 2. The van der Waals surface area contributed by atoms with Crippen molar-refractivity contribution < 1.29 is 0 Å². The minimum Gasteiger partial charge on any atom is -0.370 e. The Morgan fingerprint density at radius 2 is 2.31 bits per heavy atom. The Bertz CT molecular complexity index is 346. The van der Waals surface area contributed by atoms with Crippen LogP contribution in [0.25, 0.3) is 0 Å². The molecule has 0 spiro atoms. The Morgan fingerprint density at radius 3 is 2.75 bits per heavy atom. The van der Waals surface area contributed by atoms with Crippen LogP contribution in [0.3, 0.4) is 0 Å². The van der Waals surface area contributed by atoms with Crippen molar-refractivity contribution in [1.29, 1.82) is 0 Å². The zero-order valence-corrected chi connectivity index (χ0v) is 10.3. The van der Waals surface area contributed by atoms with Gasteiger partial charge in [0, 0.05) is 19.7 Å². The maximum Gasteiger partial charge on any atom is 0.124 e. The molecule has 90 valence electrons. The van der Waals surface area contributed by atoms with Gasteiger partial charge in [0.2, 0.25) is 0 Å². The third kappa shape index (κ3) is 2.21. The summed E-state index contributed by atoms with van der Waals surface area (Å²) in [6.45, 7) is 3.84. The van der Waals surface area contributed by atoms with Crippen LogP contribution in [0.15, 0.2) is 6.07 Å². The molecule has 0 amide bonds. The van der Waals surface area contributed by atoms with Crippen LogP contribution >= 0.6 is 0 Å². The van der Waals surface area contributed by atoms with Crippen LogP contribution in [0, 0.1) is 12.3 Å². The summed E-state index contributed by atoms with van der Waals surface area (Å²) >= 11 is 0. The molecule has 0 atom stereocenters. The maximum atomic E-state index is 5.84. The summed E-state index contributed by atoms with van der Waals surface area (Å²) in [5.41, 5.74) is 7.33.